The Bertz CT molecular complexity index is 642. The van der Waals surface area contributed by atoms with E-state index in [-0.39, 0.29) is 5.82 Å². The topological polar surface area (TPSA) is 42.4 Å². The number of halogens is 1. The largest absolute Gasteiger partial charge is 0.452 e. The third-order valence-corrected chi connectivity index (χ3v) is 3.09. The first-order valence-corrected chi connectivity index (χ1v) is 5.64. The van der Waals surface area contributed by atoms with E-state index in [2.05, 4.69) is 4.98 Å². The third kappa shape index (κ3) is 1.59. The molecule has 0 bridgehead atoms. The number of amides is 1. The van der Waals surface area contributed by atoms with Crippen molar-refractivity contribution in [3.63, 3.8) is 0 Å². The molecule has 0 N–H and O–H groups in total. The summed E-state index contributed by atoms with van der Waals surface area (Å²) in [5.74, 6) is 0.234. The summed E-state index contributed by atoms with van der Waals surface area (Å²) >= 11 is 0. The summed E-state index contributed by atoms with van der Waals surface area (Å²) in [6.45, 7) is 0.549. The van der Waals surface area contributed by atoms with E-state index in [9.17, 15) is 9.18 Å². The van der Waals surface area contributed by atoms with Crippen molar-refractivity contribution in [1.82, 2.24) is 4.98 Å². The Balaban J connectivity index is 2.16. The van der Waals surface area contributed by atoms with Crippen molar-refractivity contribution in [3.8, 4) is 0 Å². The van der Waals surface area contributed by atoms with Crippen LogP contribution in [0.2, 0.25) is 0 Å². The molecule has 5 heteroatoms. The summed E-state index contributed by atoms with van der Waals surface area (Å²) in [4.78, 5) is 17.4. The summed E-state index contributed by atoms with van der Waals surface area (Å²) in [5, 5.41) is 0.877. The van der Waals surface area contributed by atoms with E-state index in [4.69, 9.17) is 4.74 Å². The standard InChI is InChI=1S/C13H11FN2O2/c1-18-13(17)16-5-4-9-6-8-2-3-10(14)7-11(8)15-12(9)16/h2-3,6-7H,4-5H2,1H3. The number of rotatable bonds is 0. The SMILES string of the molecule is COC(=O)N1CCc2cc3ccc(F)cc3nc21. The van der Waals surface area contributed by atoms with Crippen LogP contribution in [0.3, 0.4) is 0 Å². The van der Waals surface area contributed by atoms with Crippen molar-refractivity contribution in [3.05, 3.63) is 35.6 Å². The van der Waals surface area contributed by atoms with Gasteiger partial charge in [-0.1, -0.05) is 0 Å². The molecule has 1 aliphatic heterocycles. The van der Waals surface area contributed by atoms with Crippen LogP contribution < -0.4 is 4.90 Å². The first-order valence-electron chi connectivity index (χ1n) is 5.64. The normalized spacial score (nSPS) is 13.8. The van der Waals surface area contributed by atoms with Crippen molar-refractivity contribution in [1.29, 1.82) is 0 Å². The van der Waals surface area contributed by atoms with Crippen LogP contribution in [0.15, 0.2) is 24.3 Å². The zero-order valence-corrected chi connectivity index (χ0v) is 9.81. The molecule has 4 nitrogen and oxygen atoms in total. The highest BCUT2D eigenvalue weighted by atomic mass is 19.1. The van der Waals surface area contributed by atoms with Gasteiger partial charge in [-0.15, -0.1) is 0 Å². The second kappa shape index (κ2) is 3.94. The van der Waals surface area contributed by atoms with Gasteiger partial charge in [-0.25, -0.2) is 14.2 Å². The van der Waals surface area contributed by atoms with Crippen LogP contribution in [-0.2, 0) is 11.2 Å². The van der Waals surface area contributed by atoms with E-state index in [1.165, 1.54) is 24.1 Å². The van der Waals surface area contributed by atoms with Crippen LogP contribution in [-0.4, -0.2) is 24.7 Å². The minimum atomic E-state index is -0.433. The number of ether oxygens (including phenoxy) is 1. The number of carbonyl (C=O) groups excluding carboxylic acids is 1. The molecular formula is C13H11FN2O2. The second-order valence-electron chi connectivity index (χ2n) is 4.18. The minimum Gasteiger partial charge on any atom is -0.452 e. The van der Waals surface area contributed by atoms with E-state index in [1.54, 1.807) is 6.07 Å². The highest BCUT2D eigenvalue weighted by molar-refractivity contribution is 5.92. The Morgan fingerprint density at radius 3 is 3.06 bits per heavy atom. The third-order valence-electron chi connectivity index (χ3n) is 3.09. The quantitative estimate of drug-likeness (QED) is 0.717. The Labute approximate surface area is 103 Å². The van der Waals surface area contributed by atoms with Crippen LogP contribution in [0.1, 0.15) is 5.56 Å². The van der Waals surface area contributed by atoms with Crippen molar-refractivity contribution in [2.24, 2.45) is 0 Å². The molecule has 92 valence electrons. The van der Waals surface area contributed by atoms with Gasteiger partial charge in [0, 0.05) is 18.0 Å². The fourth-order valence-corrected chi connectivity index (χ4v) is 2.22. The smallest absolute Gasteiger partial charge is 0.415 e. The molecule has 0 saturated carbocycles. The Hall–Kier alpha value is -2.17. The average molecular weight is 246 g/mol. The van der Waals surface area contributed by atoms with Crippen molar-refractivity contribution in [2.45, 2.75) is 6.42 Å². The van der Waals surface area contributed by atoms with Gasteiger partial charge in [-0.05, 0) is 30.2 Å². The van der Waals surface area contributed by atoms with Gasteiger partial charge in [0.2, 0.25) is 0 Å². The summed E-state index contributed by atoms with van der Waals surface area (Å²) in [6, 6.07) is 6.41. The molecule has 1 aromatic carbocycles. The first kappa shape index (κ1) is 11.0. The van der Waals surface area contributed by atoms with E-state index < -0.39 is 6.09 Å². The number of fused-ring (bicyclic) bond motifs is 2. The second-order valence-corrected chi connectivity index (χ2v) is 4.18. The monoisotopic (exact) mass is 246 g/mol. The van der Waals surface area contributed by atoms with Gasteiger partial charge in [0.1, 0.15) is 11.6 Å². The van der Waals surface area contributed by atoms with E-state index >= 15 is 0 Å². The highest BCUT2D eigenvalue weighted by Crippen LogP contribution is 2.29. The van der Waals surface area contributed by atoms with Gasteiger partial charge in [-0.2, -0.15) is 0 Å². The molecule has 2 heterocycles. The number of benzene rings is 1. The lowest BCUT2D eigenvalue weighted by Crippen LogP contribution is -2.29. The summed E-state index contributed by atoms with van der Waals surface area (Å²) < 4.78 is 17.9. The van der Waals surface area contributed by atoms with E-state index in [1.807, 2.05) is 6.07 Å². The molecule has 0 radical (unpaired) electrons. The molecule has 2 aromatic rings. The van der Waals surface area contributed by atoms with Crippen LogP contribution in [0.25, 0.3) is 10.9 Å². The maximum absolute atomic E-state index is 13.2. The van der Waals surface area contributed by atoms with Gasteiger partial charge >= 0.3 is 6.09 Å². The molecule has 0 unspecified atom stereocenters. The van der Waals surface area contributed by atoms with Gasteiger partial charge in [-0.3, -0.25) is 4.90 Å². The lowest BCUT2D eigenvalue weighted by atomic mass is 10.1. The van der Waals surface area contributed by atoms with Crippen molar-refractivity contribution in [2.75, 3.05) is 18.6 Å². The molecular weight excluding hydrogens is 235 g/mol. The van der Waals surface area contributed by atoms with Crippen molar-refractivity contribution >= 4 is 22.8 Å². The number of hydrogen-bond acceptors (Lipinski definition) is 3. The molecule has 0 spiro atoms. The number of nitrogens with zero attached hydrogens (tertiary/aromatic N) is 2. The number of methoxy groups -OCH3 is 1. The summed E-state index contributed by atoms with van der Waals surface area (Å²) in [6.07, 6.45) is 0.307. The minimum absolute atomic E-state index is 0.336. The molecule has 1 aromatic heterocycles. The summed E-state index contributed by atoms with van der Waals surface area (Å²) in [7, 11) is 1.33. The molecule has 18 heavy (non-hydrogen) atoms. The average Bonchev–Trinajstić information content (AvgIpc) is 2.78. The fraction of sp³-hybridized carbons (Fsp3) is 0.231. The highest BCUT2D eigenvalue weighted by Gasteiger charge is 2.27. The maximum atomic E-state index is 13.2. The van der Waals surface area contributed by atoms with Crippen LogP contribution in [0.4, 0.5) is 15.0 Å². The van der Waals surface area contributed by atoms with Gasteiger partial charge < -0.3 is 4.74 Å². The Morgan fingerprint density at radius 1 is 1.44 bits per heavy atom. The zero-order chi connectivity index (χ0) is 12.7. The van der Waals surface area contributed by atoms with E-state index in [0.717, 1.165) is 17.4 Å². The molecule has 1 amide bonds. The number of aromatic nitrogens is 1. The van der Waals surface area contributed by atoms with Crippen molar-refractivity contribution < 1.29 is 13.9 Å². The fourth-order valence-electron chi connectivity index (χ4n) is 2.22. The lowest BCUT2D eigenvalue weighted by molar-refractivity contribution is 0.179. The van der Waals surface area contributed by atoms with Crippen LogP contribution in [0, 0.1) is 5.82 Å². The predicted molar refractivity (Wildman–Crippen MR) is 65.2 cm³/mol. The molecule has 0 fully saturated rings. The maximum Gasteiger partial charge on any atom is 0.415 e. The number of anilines is 1. The predicted octanol–water partition coefficient (Wildman–Crippen LogP) is 2.50. The van der Waals surface area contributed by atoms with Crippen LogP contribution >= 0.6 is 0 Å². The van der Waals surface area contributed by atoms with Crippen LogP contribution in [0.5, 0.6) is 0 Å². The Morgan fingerprint density at radius 2 is 2.28 bits per heavy atom. The molecule has 0 saturated heterocycles. The molecule has 0 aliphatic carbocycles. The van der Waals surface area contributed by atoms with Gasteiger partial charge in [0.25, 0.3) is 0 Å². The Kier molecular flexibility index (Phi) is 2.40. The van der Waals surface area contributed by atoms with Gasteiger partial charge in [0.05, 0.1) is 12.6 Å². The summed E-state index contributed by atoms with van der Waals surface area (Å²) in [5.41, 5.74) is 1.53. The lowest BCUT2D eigenvalue weighted by Gasteiger charge is -2.14. The van der Waals surface area contributed by atoms with Gasteiger partial charge in [0.15, 0.2) is 0 Å². The first-order chi connectivity index (χ1) is 8.69. The molecule has 0 atom stereocenters. The number of hydrogen-bond donors (Lipinski definition) is 0. The zero-order valence-electron chi connectivity index (χ0n) is 9.81. The van der Waals surface area contributed by atoms with E-state index in [0.29, 0.717) is 17.9 Å². The number of carbonyl (C=O) groups is 1. The number of pyridine rings is 1. The molecule has 3 rings (SSSR count). The molecule has 1 aliphatic rings.